The molecule has 0 radical (unpaired) electrons. The molecule has 0 spiro atoms. The van der Waals surface area contributed by atoms with Gasteiger partial charge in [0.15, 0.2) is 0 Å². The van der Waals surface area contributed by atoms with Crippen LogP contribution < -0.4 is 0 Å². The molecule has 2 aromatic carbocycles. The summed E-state index contributed by atoms with van der Waals surface area (Å²) in [5, 5.41) is 9.48. The predicted octanol–water partition coefficient (Wildman–Crippen LogP) is 2.65. The number of phenols is 1. The van der Waals surface area contributed by atoms with Crippen LogP contribution in [0.25, 0.3) is 0 Å². The summed E-state index contributed by atoms with van der Waals surface area (Å²) in [6, 6.07) is 15.7. The van der Waals surface area contributed by atoms with Gasteiger partial charge in [-0.15, -0.1) is 0 Å². The van der Waals surface area contributed by atoms with E-state index in [-0.39, 0.29) is 11.3 Å². The molecule has 0 aliphatic carbocycles. The van der Waals surface area contributed by atoms with Crippen LogP contribution in [0.3, 0.4) is 0 Å². The third-order valence-electron chi connectivity index (χ3n) is 2.26. The third kappa shape index (κ3) is 2.78. The van der Waals surface area contributed by atoms with E-state index >= 15 is 0 Å². The molecule has 3 heteroatoms. The number of benzene rings is 2. The second kappa shape index (κ2) is 5.07. The highest BCUT2D eigenvalue weighted by atomic mass is 16.3. The fourth-order valence-electron chi connectivity index (χ4n) is 1.40. The number of hydrogen-bond donors (Lipinski definition) is 1. The van der Waals surface area contributed by atoms with Crippen LogP contribution in [0, 0.1) is 0 Å². The zero-order valence-corrected chi connectivity index (χ0v) is 9.08. The Balaban J connectivity index is 2.18. The highest BCUT2D eigenvalue weighted by molar-refractivity contribution is 6.03. The summed E-state index contributed by atoms with van der Waals surface area (Å²) in [7, 11) is 0. The third-order valence-corrected chi connectivity index (χ3v) is 2.26. The predicted molar refractivity (Wildman–Crippen MR) is 66.5 cm³/mol. The number of amides is 1. The van der Waals surface area contributed by atoms with Crippen LogP contribution in [0.5, 0.6) is 5.75 Å². The number of carbonyl (C=O) groups is 1. The molecule has 0 saturated heterocycles. The molecule has 1 N–H and O–H groups in total. The molecule has 0 fully saturated rings. The molecule has 0 atom stereocenters. The van der Waals surface area contributed by atoms with Crippen molar-refractivity contribution < 1.29 is 9.90 Å². The molecule has 84 valence electrons. The maximum absolute atomic E-state index is 11.7. The van der Waals surface area contributed by atoms with Crippen molar-refractivity contribution in [1.82, 2.24) is 0 Å². The number of para-hydroxylation sites is 1. The molecule has 2 rings (SSSR count). The Morgan fingerprint density at radius 2 is 1.65 bits per heavy atom. The summed E-state index contributed by atoms with van der Waals surface area (Å²) >= 11 is 0. The summed E-state index contributed by atoms with van der Waals surface area (Å²) in [5.74, 6) is -0.505. The first-order chi connectivity index (χ1) is 8.27. The van der Waals surface area contributed by atoms with E-state index in [0.717, 1.165) is 5.56 Å². The minimum Gasteiger partial charge on any atom is -0.507 e. The molecule has 2 aromatic rings. The molecular formula is C14H11NO2. The van der Waals surface area contributed by atoms with E-state index in [4.69, 9.17) is 0 Å². The van der Waals surface area contributed by atoms with Crippen LogP contribution in [-0.4, -0.2) is 17.2 Å². The van der Waals surface area contributed by atoms with Crippen LogP contribution in [0.2, 0.25) is 0 Å². The van der Waals surface area contributed by atoms with E-state index < -0.39 is 5.91 Å². The number of nitrogens with zero attached hydrogens (tertiary/aromatic N) is 1. The van der Waals surface area contributed by atoms with Crippen molar-refractivity contribution >= 4 is 12.1 Å². The maximum atomic E-state index is 11.7. The summed E-state index contributed by atoms with van der Waals surface area (Å²) in [4.78, 5) is 15.5. The number of aromatic hydroxyl groups is 1. The normalized spacial score (nSPS) is 10.6. The quantitative estimate of drug-likeness (QED) is 0.799. The first-order valence-corrected chi connectivity index (χ1v) is 5.19. The molecule has 3 nitrogen and oxygen atoms in total. The number of aliphatic imine (C=N–C) groups is 1. The first-order valence-electron chi connectivity index (χ1n) is 5.19. The standard InChI is InChI=1S/C14H11NO2/c16-13-9-5-4-8-12(13)14(17)15-10-11-6-2-1-3-7-11/h1-10,16H. The average Bonchev–Trinajstić information content (AvgIpc) is 2.38. The Labute approximate surface area is 99.1 Å². The first kappa shape index (κ1) is 11.1. The molecule has 1 amide bonds. The van der Waals surface area contributed by atoms with Crippen LogP contribution in [0.4, 0.5) is 0 Å². The van der Waals surface area contributed by atoms with E-state index in [2.05, 4.69) is 4.99 Å². The van der Waals surface area contributed by atoms with Crippen LogP contribution in [-0.2, 0) is 0 Å². The lowest BCUT2D eigenvalue weighted by molar-refractivity contribution is 0.100. The van der Waals surface area contributed by atoms with Crippen LogP contribution in [0.1, 0.15) is 15.9 Å². The molecule has 0 heterocycles. The highest BCUT2D eigenvalue weighted by Gasteiger charge is 2.07. The molecular weight excluding hydrogens is 214 g/mol. The van der Waals surface area contributed by atoms with Crippen molar-refractivity contribution in [3.05, 3.63) is 65.7 Å². The van der Waals surface area contributed by atoms with Crippen molar-refractivity contribution in [3.63, 3.8) is 0 Å². The smallest absolute Gasteiger partial charge is 0.280 e. The van der Waals surface area contributed by atoms with Crippen molar-refractivity contribution in [3.8, 4) is 5.75 Å². The lowest BCUT2D eigenvalue weighted by Crippen LogP contribution is -1.96. The summed E-state index contributed by atoms with van der Waals surface area (Å²) in [6.45, 7) is 0. The Bertz CT molecular complexity index is 547. The van der Waals surface area contributed by atoms with Crippen LogP contribution in [0.15, 0.2) is 59.6 Å². The fraction of sp³-hybridized carbons (Fsp3) is 0. The summed E-state index contributed by atoms with van der Waals surface area (Å²) < 4.78 is 0. The minimum atomic E-state index is -0.452. The van der Waals surface area contributed by atoms with Gasteiger partial charge >= 0.3 is 0 Å². The number of rotatable bonds is 2. The Morgan fingerprint density at radius 3 is 2.35 bits per heavy atom. The average molecular weight is 225 g/mol. The number of phenolic OH excluding ortho intramolecular Hbond substituents is 1. The SMILES string of the molecule is O=C(N=Cc1ccccc1)c1ccccc1O. The van der Waals surface area contributed by atoms with Gasteiger partial charge in [-0.2, -0.15) is 0 Å². The Kier molecular flexibility index (Phi) is 3.31. The lowest BCUT2D eigenvalue weighted by Gasteiger charge is -1.98. The van der Waals surface area contributed by atoms with Crippen LogP contribution >= 0.6 is 0 Å². The molecule has 17 heavy (non-hydrogen) atoms. The van der Waals surface area contributed by atoms with Gasteiger partial charge in [0.05, 0.1) is 5.56 Å². The van der Waals surface area contributed by atoms with E-state index in [1.165, 1.54) is 12.3 Å². The van der Waals surface area contributed by atoms with E-state index in [1.807, 2.05) is 30.3 Å². The van der Waals surface area contributed by atoms with Gasteiger partial charge in [-0.25, -0.2) is 4.99 Å². The molecule has 0 bridgehead atoms. The zero-order chi connectivity index (χ0) is 12.1. The zero-order valence-electron chi connectivity index (χ0n) is 9.08. The van der Waals surface area contributed by atoms with Crippen molar-refractivity contribution in [2.24, 2.45) is 4.99 Å². The molecule has 0 saturated carbocycles. The van der Waals surface area contributed by atoms with Crippen molar-refractivity contribution in [2.75, 3.05) is 0 Å². The highest BCUT2D eigenvalue weighted by Crippen LogP contribution is 2.16. The van der Waals surface area contributed by atoms with Gasteiger partial charge < -0.3 is 5.11 Å². The van der Waals surface area contributed by atoms with Gasteiger partial charge in [0.25, 0.3) is 5.91 Å². The van der Waals surface area contributed by atoms with Crippen molar-refractivity contribution in [2.45, 2.75) is 0 Å². The maximum Gasteiger partial charge on any atom is 0.280 e. The second-order valence-electron chi connectivity index (χ2n) is 3.49. The largest absolute Gasteiger partial charge is 0.507 e. The summed E-state index contributed by atoms with van der Waals surface area (Å²) in [5.41, 5.74) is 1.05. The Morgan fingerprint density at radius 1 is 1.00 bits per heavy atom. The van der Waals surface area contributed by atoms with Gasteiger partial charge in [-0.05, 0) is 17.7 Å². The van der Waals surface area contributed by atoms with Gasteiger partial charge in [0, 0.05) is 6.21 Å². The van der Waals surface area contributed by atoms with Gasteiger partial charge in [0.1, 0.15) is 5.75 Å². The molecule has 0 unspecified atom stereocenters. The van der Waals surface area contributed by atoms with Gasteiger partial charge in [-0.3, -0.25) is 4.79 Å². The lowest BCUT2D eigenvalue weighted by atomic mass is 10.2. The van der Waals surface area contributed by atoms with Gasteiger partial charge in [-0.1, -0.05) is 42.5 Å². The minimum absolute atomic E-state index is 0.0530. The van der Waals surface area contributed by atoms with Crippen molar-refractivity contribution in [1.29, 1.82) is 0 Å². The molecule has 0 aliphatic heterocycles. The Hall–Kier alpha value is -2.42. The molecule has 0 aromatic heterocycles. The summed E-state index contributed by atoms with van der Waals surface area (Å²) in [6.07, 6.45) is 1.48. The van der Waals surface area contributed by atoms with E-state index in [9.17, 15) is 9.90 Å². The van der Waals surface area contributed by atoms with Gasteiger partial charge in [0.2, 0.25) is 0 Å². The topological polar surface area (TPSA) is 49.7 Å². The fourth-order valence-corrected chi connectivity index (χ4v) is 1.40. The molecule has 0 aliphatic rings. The van der Waals surface area contributed by atoms with E-state index in [0.29, 0.717) is 0 Å². The van der Waals surface area contributed by atoms with E-state index in [1.54, 1.807) is 18.2 Å². The monoisotopic (exact) mass is 225 g/mol. The second-order valence-corrected chi connectivity index (χ2v) is 3.49. The number of carbonyl (C=O) groups excluding carboxylic acids is 1. The number of hydrogen-bond acceptors (Lipinski definition) is 2.